The van der Waals surface area contributed by atoms with Crippen molar-refractivity contribution in [3.63, 3.8) is 0 Å². The van der Waals surface area contributed by atoms with Crippen LogP contribution in [-0.4, -0.2) is 9.97 Å². The Morgan fingerprint density at radius 3 is 2.82 bits per heavy atom. The fraction of sp³-hybridized carbons (Fsp3) is 0.0714. The van der Waals surface area contributed by atoms with Crippen LogP contribution >= 0.6 is 0 Å². The number of rotatable bonds is 3. The molecule has 2 aromatic heterocycles. The minimum atomic E-state index is 0.825. The fourth-order valence-corrected chi connectivity index (χ4v) is 1.91. The lowest BCUT2D eigenvalue weighted by Gasteiger charge is -2.07. The molecule has 3 heteroatoms. The van der Waals surface area contributed by atoms with E-state index < -0.39 is 0 Å². The molecule has 3 aromatic rings. The largest absolute Gasteiger partial charge is 0.380 e. The van der Waals surface area contributed by atoms with E-state index in [1.165, 1.54) is 5.56 Å². The van der Waals surface area contributed by atoms with Crippen LogP contribution in [0.3, 0.4) is 0 Å². The van der Waals surface area contributed by atoms with E-state index in [-0.39, 0.29) is 0 Å². The van der Waals surface area contributed by atoms with E-state index in [9.17, 15) is 0 Å². The summed E-state index contributed by atoms with van der Waals surface area (Å²) in [5.74, 6) is 0. The van der Waals surface area contributed by atoms with Gasteiger partial charge in [0.25, 0.3) is 0 Å². The van der Waals surface area contributed by atoms with Gasteiger partial charge in [-0.2, -0.15) is 0 Å². The highest BCUT2D eigenvalue weighted by atomic mass is 14.9. The molecule has 0 bridgehead atoms. The van der Waals surface area contributed by atoms with Crippen molar-refractivity contribution in [1.82, 2.24) is 9.97 Å². The summed E-state index contributed by atoms with van der Waals surface area (Å²) in [6, 6.07) is 14.4. The van der Waals surface area contributed by atoms with Crippen LogP contribution in [0.25, 0.3) is 11.0 Å². The normalized spacial score (nSPS) is 10.6. The van der Waals surface area contributed by atoms with Crippen molar-refractivity contribution >= 4 is 16.7 Å². The van der Waals surface area contributed by atoms with Crippen molar-refractivity contribution in [2.24, 2.45) is 0 Å². The summed E-state index contributed by atoms with van der Waals surface area (Å²) in [5, 5.41) is 4.56. The number of hydrogen-bond acceptors (Lipinski definition) is 2. The molecule has 0 radical (unpaired) electrons. The molecule has 0 aliphatic rings. The lowest BCUT2D eigenvalue weighted by atomic mass is 10.2. The molecule has 0 atom stereocenters. The molecule has 0 aliphatic heterocycles. The van der Waals surface area contributed by atoms with Gasteiger partial charge in [-0.05, 0) is 17.7 Å². The number of nitrogens with one attached hydrogen (secondary N) is 2. The Morgan fingerprint density at radius 2 is 1.94 bits per heavy atom. The molecule has 3 rings (SSSR count). The average molecular weight is 223 g/mol. The van der Waals surface area contributed by atoms with E-state index >= 15 is 0 Å². The van der Waals surface area contributed by atoms with Gasteiger partial charge in [-0.25, -0.2) is 4.98 Å². The Hall–Kier alpha value is -2.29. The number of aromatic nitrogens is 2. The van der Waals surface area contributed by atoms with Crippen LogP contribution in [0.2, 0.25) is 0 Å². The highest BCUT2D eigenvalue weighted by Crippen LogP contribution is 2.20. The molecule has 0 spiro atoms. The fourth-order valence-electron chi connectivity index (χ4n) is 1.91. The van der Waals surface area contributed by atoms with Crippen molar-refractivity contribution < 1.29 is 0 Å². The predicted molar refractivity (Wildman–Crippen MR) is 69.9 cm³/mol. The lowest BCUT2D eigenvalue weighted by molar-refractivity contribution is 1.15. The predicted octanol–water partition coefficient (Wildman–Crippen LogP) is 3.18. The zero-order valence-corrected chi connectivity index (χ0v) is 9.35. The summed E-state index contributed by atoms with van der Waals surface area (Å²) < 4.78 is 0. The molecular weight excluding hydrogens is 210 g/mol. The summed E-state index contributed by atoms with van der Waals surface area (Å²) in [6.07, 6.45) is 3.72. The molecule has 0 unspecified atom stereocenters. The molecule has 3 nitrogen and oxygen atoms in total. The highest BCUT2D eigenvalue weighted by molar-refractivity contribution is 5.88. The smallest absolute Gasteiger partial charge is 0.139 e. The lowest BCUT2D eigenvalue weighted by Crippen LogP contribution is -1.99. The Kier molecular flexibility index (Phi) is 2.50. The van der Waals surface area contributed by atoms with Crippen molar-refractivity contribution in [3.05, 3.63) is 60.4 Å². The van der Waals surface area contributed by atoms with Gasteiger partial charge < -0.3 is 10.3 Å². The van der Waals surface area contributed by atoms with Gasteiger partial charge in [-0.3, -0.25) is 0 Å². The Morgan fingerprint density at radius 1 is 1.06 bits per heavy atom. The number of anilines is 1. The standard InChI is InChI=1S/C14H13N3/c1-2-4-11(5-3-1)10-17-13-7-9-16-14-12(13)6-8-15-14/h1-9H,10H2,(H2,15,16,17). The van der Waals surface area contributed by atoms with E-state index in [0.717, 1.165) is 23.3 Å². The van der Waals surface area contributed by atoms with E-state index in [1.807, 2.05) is 30.6 Å². The number of hydrogen-bond donors (Lipinski definition) is 2. The zero-order chi connectivity index (χ0) is 11.5. The maximum Gasteiger partial charge on any atom is 0.139 e. The van der Waals surface area contributed by atoms with Crippen molar-refractivity contribution in [3.8, 4) is 0 Å². The van der Waals surface area contributed by atoms with E-state index in [4.69, 9.17) is 0 Å². The molecule has 84 valence electrons. The maximum atomic E-state index is 4.26. The first-order valence-electron chi connectivity index (χ1n) is 5.63. The number of aromatic amines is 1. The second-order valence-corrected chi connectivity index (χ2v) is 3.94. The van der Waals surface area contributed by atoms with Crippen molar-refractivity contribution in [1.29, 1.82) is 0 Å². The summed E-state index contributed by atoms with van der Waals surface area (Å²) in [5.41, 5.74) is 3.30. The first kappa shape index (κ1) is 9.90. The number of pyridine rings is 1. The summed E-state index contributed by atoms with van der Waals surface area (Å²) >= 11 is 0. The van der Waals surface area contributed by atoms with Gasteiger partial charge in [-0.1, -0.05) is 30.3 Å². The Bertz CT molecular complexity index is 613. The topological polar surface area (TPSA) is 40.7 Å². The van der Waals surface area contributed by atoms with Gasteiger partial charge in [0.15, 0.2) is 0 Å². The van der Waals surface area contributed by atoms with Crippen LogP contribution in [-0.2, 0) is 6.54 Å². The van der Waals surface area contributed by atoms with Gasteiger partial charge in [0.05, 0.1) is 0 Å². The highest BCUT2D eigenvalue weighted by Gasteiger charge is 2.01. The van der Waals surface area contributed by atoms with Crippen molar-refractivity contribution in [2.45, 2.75) is 6.54 Å². The quantitative estimate of drug-likeness (QED) is 0.716. The van der Waals surface area contributed by atoms with Crippen LogP contribution < -0.4 is 5.32 Å². The molecule has 17 heavy (non-hydrogen) atoms. The molecule has 0 saturated carbocycles. The summed E-state index contributed by atoms with van der Waals surface area (Å²) in [4.78, 5) is 7.37. The Labute approximate surface area is 99.5 Å². The molecule has 2 N–H and O–H groups in total. The van der Waals surface area contributed by atoms with Crippen LogP contribution in [0.15, 0.2) is 54.9 Å². The maximum absolute atomic E-state index is 4.26. The van der Waals surface area contributed by atoms with Gasteiger partial charge in [0.2, 0.25) is 0 Å². The second-order valence-electron chi connectivity index (χ2n) is 3.94. The molecule has 0 fully saturated rings. The molecule has 2 heterocycles. The van der Waals surface area contributed by atoms with Gasteiger partial charge in [0, 0.05) is 30.0 Å². The second kappa shape index (κ2) is 4.29. The molecular formula is C14H13N3. The number of nitrogens with zero attached hydrogens (tertiary/aromatic N) is 1. The third kappa shape index (κ3) is 1.99. The number of fused-ring (bicyclic) bond motifs is 1. The number of benzene rings is 1. The monoisotopic (exact) mass is 223 g/mol. The van der Waals surface area contributed by atoms with Gasteiger partial charge in [-0.15, -0.1) is 0 Å². The molecule has 1 aromatic carbocycles. The Balaban J connectivity index is 1.84. The zero-order valence-electron chi connectivity index (χ0n) is 9.35. The molecule has 0 saturated heterocycles. The third-order valence-corrected chi connectivity index (χ3v) is 2.79. The SMILES string of the molecule is c1ccc(CNc2ccnc3[nH]ccc23)cc1. The average Bonchev–Trinajstić information content (AvgIpc) is 2.86. The van der Waals surface area contributed by atoms with Gasteiger partial charge in [0.1, 0.15) is 5.65 Å². The number of H-pyrrole nitrogens is 1. The first-order chi connectivity index (χ1) is 8.43. The third-order valence-electron chi connectivity index (χ3n) is 2.79. The first-order valence-corrected chi connectivity index (χ1v) is 5.63. The summed E-state index contributed by atoms with van der Waals surface area (Å²) in [7, 11) is 0. The van der Waals surface area contributed by atoms with Crippen LogP contribution in [0.1, 0.15) is 5.56 Å². The van der Waals surface area contributed by atoms with E-state index in [1.54, 1.807) is 0 Å². The summed E-state index contributed by atoms with van der Waals surface area (Å²) in [6.45, 7) is 0.825. The molecule has 0 aliphatic carbocycles. The minimum absolute atomic E-state index is 0.825. The van der Waals surface area contributed by atoms with E-state index in [2.05, 4.69) is 39.6 Å². The van der Waals surface area contributed by atoms with Crippen LogP contribution in [0.4, 0.5) is 5.69 Å². The molecule has 0 amide bonds. The van der Waals surface area contributed by atoms with Gasteiger partial charge >= 0.3 is 0 Å². The van der Waals surface area contributed by atoms with Crippen LogP contribution in [0.5, 0.6) is 0 Å². The van der Waals surface area contributed by atoms with Crippen LogP contribution in [0, 0.1) is 0 Å². The van der Waals surface area contributed by atoms with E-state index in [0.29, 0.717) is 0 Å². The van der Waals surface area contributed by atoms with Crippen molar-refractivity contribution in [2.75, 3.05) is 5.32 Å². The minimum Gasteiger partial charge on any atom is -0.380 e.